The van der Waals surface area contributed by atoms with Crippen molar-refractivity contribution < 1.29 is 17.9 Å². The topological polar surface area (TPSA) is 69.6 Å². The Morgan fingerprint density at radius 1 is 1.46 bits per heavy atom. The molecule has 0 radical (unpaired) electrons. The van der Waals surface area contributed by atoms with Gasteiger partial charge in [-0.25, -0.2) is 17.1 Å². The van der Waals surface area contributed by atoms with E-state index in [0.29, 0.717) is 31.1 Å². The maximum Gasteiger partial charge on any atom is 0.211 e. The molecule has 0 bridgehead atoms. The standard InChI is InChI=1S/C17H27FN2O3S/c1-17(2,10-13-7-8-20(12-13)24(3,22)23)19-11-16(21)14-5-4-6-15(18)9-14/h4-6,9,13,16,19,21H,7-8,10-12H2,1-3H3/t13-,16-/m0/s1. The number of hydrogen-bond donors (Lipinski definition) is 2. The molecule has 0 aromatic heterocycles. The van der Waals surface area contributed by atoms with Crippen molar-refractivity contribution in [3.05, 3.63) is 35.6 Å². The van der Waals surface area contributed by atoms with Crippen molar-refractivity contribution in [3.63, 3.8) is 0 Å². The van der Waals surface area contributed by atoms with Crippen molar-refractivity contribution in [2.24, 2.45) is 5.92 Å². The van der Waals surface area contributed by atoms with Gasteiger partial charge in [0.05, 0.1) is 12.4 Å². The highest BCUT2D eigenvalue weighted by Crippen LogP contribution is 2.27. The van der Waals surface area contributed by atoms with E-state index >= 15 is 0 Å². The largest absolute Gasteiger partial charge is 0.387 e. The highest BCUT2D eigenvalue weighted by Gasteiger charge is 2.32. The molecule has 0 unspecified atom stereocenters. The summed E-state index contributed by atoms with van der Waals surface area (Å²) in [4.78, 5) is 0. The fraction of sp³-hybridized carbons (Fsp3) is 0.647. The Balaban J connectivity index is 1.85. The Kier molecular flexibility index (Phi) is 6.01. The second-order valence-corrected chi connectivity index (χ2v) is 9.30. The smallest absolute Gasteiger partial charge is 0.211 e. The van der Waals surface area contributed by atoms with Gasteiger partial charge in [-0.05, 0) is 50.3 Å². The van der Waals surface area contributed by atoms with Gasteiger partial charge in [-0.2, -0.15) is 0 Å². The molecule has 1 aliphatic rings. The van der Waals surface area contributed by atoms with E-state index < -0.39 is 16.1 Å². The van der Waals surface area contributed by atoms with Crippen molar-refractivity contribution in [2.75, 3.05) is 25.9 Å². The summed E-state index contributed by atoms with van der Waals surface area (Å²) in [5, 5.41) is 13.5. The first-order valence-electron chi connectivity index (χ1n) is 8.20. The molecule has 5 nitrogen and oxygen atoms in total. The monoisotopic (exact) mass is 358 g/mol. The molecule has 0 amide bonds. The van der Waals surface area contributed by atoms with Gasteiger partial charge < -0.3 is 10.4 Å². The number of nitrogens with one attached hydrogen (secondary N) is 1. The number of benzene rings is 1. The van der Waals surface area contributed by atoms with Crippen LogP contribution in [0.25, 0.3) is 0 Å². The molecule has 1 heterocycles. The van der Waals surface area contributed by atoms with Gasteiger partial charge in [-0.15, -0.1) is 0 Å². The molecule has 0 saturated carbocycles. The third kappa shape index (κ3) is 5.51. The number of halogens is 1. The van der Waals surface area contributed by atoms with Crippen LogP contribution in [0.1, 0.15) is 38.4 Å². The zero-order valence-electron chi connectivity index (χ0n) is 14.5. The molecule has 2 atom stereocenters. The van der Waals surface area contributed by atoms with Gasteiger partial charge in [0.15, 0.2) is 0 Å². The zero-order valence-corrected chi connectivity index (χ0v) is 15.3. The average Bonchev–Trinajstić information content (AvgIpc) is 2.92. The van der Waals surface area contributed by atoms with Crippen molar-refractivity contribution in [2.45, 2.75) is 38.3 Å². The van der Waals surface area contributed by atoms with Gasteiger partial charge in [-0.1, -0.05) is 12.1 Å². The van der Waals surface area contributed by atoms with Crippen LogP contribution in [0.4, 0.5) is 4.39 Å². The second kappa shape index (κ2) is 7.47. The minimum absolute atomic E-state index is 0.244. The van der Waals surface area contributed by atoms with Gasteiger partial charge >= 0.3 is 0 Å². The molecular formula is C17H27FN2O3S. The molecular weight excluding hydrogens is 331 g/mol. The molecule has 24 heavy (non-hydrogen) atoms. The fourth-order valence-corrected chi connectivity index (χ4v) is 4.18. The molecule has 1 fully saturated rings. The summed E-state index contributed by atoms with van der Waals surface area (Å²) in [5.74, 6) is -0.0637. The van der Waals surface area contributed by atoms with Crippen LogP contribution in [0.15, 0.2) is 24.3 Å². The molecule has 1 saturated heterocycles. The van der Waals surface area contributed by atoms with Crippen molar-refractivity contribution in [3.8, 4) is 0 Å². The van der Waals surface area contributed by atoms with Gasteiger partial charge in [0.25, 0.3) is 0 Å². The number of rotatable bonds is 7. The predicted octanol–water partition coefficient (Wildman–Crippen LogP) is 1.90. The van der Waals surface area contributed by atoms with Crippen LogP contribution < -0.4 is 5.32 Å². The van der Waals surface area contributed by atoms with E-state index in [1.165, 1.54) is 22.7 Å². The van der Waals surface area contributed by atoms with Gasteiger partial charge in [0, 0.05) is 25.2 Å². The van der Waals surface area contributed by atoms with E-state index in [1.54, 1.807) is 12.1 Å². The quantitative estimate of drug-likeness (QED) is 0.781. The first kappa shape index (κ1) is 19.3. The van der Waals surface area contributed by atoms with Gasteiger partial charge in [-0.3, -0.25) is 0 Å². The predicted molar refractivity (Wildman–Crippen MR) is 92.6 cm³/mol. The number of hydrogen-bond acceptors (Lipinski definition) is 4. The van der Waals surface area contributed by atoms with E-state index in [0.717, 1.165) is 12.8 Å². The number of nitrogens with zero attached hydrogens (tertiary/aromatic N) is 1. The highest BCUT2D eigenvalue weighted by molar-refractivity contribution is 7.88. The molecule has 0 aliphatic carbocycles. The highest BCUT2D eigenvalue weighted by atomic mass is 32.2. The first-order chi connectivity index (χ1) is 11.1. The average molecular weight is 358 g/mol. The first-order valence-corrected chi connectivity index (χ1v) is 10.1. The molecule has 2 N–H and O–H groups in total. The lowest BCUT2D eigenvalue weighted by Crippen LogP contribution is -2.43. The summed E-state index contributed by atoms with van der Waals surface area (Å²) in [5.41, 5.74) is 0.300. The van der Waals surface area contributed by atoms with Crippen LogP contribution in [-0.4, -0.2) is 49.3 Å². The molecule has 2 rings (SSSR count). The maximum atomic E-state index is 13.2. The summed E-state index contributed by atoms with van der Waals surface area (Å²) < 4.78 is 37.9. The van der Waals surface area contributed by atoms with Crippen LogP contribution in [0.3, 0.4) is 0 Å². The van der Waals surface area contributed by atoms with E-state index in [-0.39, 0.29) is 11.4 Å². The van der Waals surface area contributed by atoms with Crippen molar-refractivity contribution in [1.82, 2.24) is 9.62 Å². The Hall–Kier alpha value is -1.02. The van der Waals surface area contributed by atoms with E-state index in [4.69, 9.17) is 0 Å². The molecule has 1 aromatic carbocycles. The normalized spacial score (nSPS) is 21.1. The minimum Gasteiger partial charge on any atom is -0.387 e. The summed E-state index contributed by atoms with van der Waals surface area (Å²) >= 11 is 0. The molecule has 1 aliphatic heterocycles. The third-order valence-electron chi connectivity index (χ3n) is 4.52. The lowest BCUT2D eigenvalue weighted by Gasteiger charge is -2.30. The Morgan fingerprint density at radius 3 is 2.75 bits per heavy atom. The summed E-state index contributed by atoms with van der Waals surface area (Å²) in [7, 11) is -3.12. The summed E-state index contributed by atoms with van der Waals surface area (Å²) in [6, 6.07) is 5.96. The van der Waals surface area contributed by atoms with Crippen molar-refractivity contribution in [1.29, 1.82) is 0 Å². The lowest BCUT2D eigenvalue weighted by atomic mass is 9.89. The van der Waals surface area contributed by atoms with E-state index in [1.807, 2.05) is 13.8 Å². The maximum absolute atomic E-state index is 13.2. The Morgan fingerprint density at radius 2 is 2.17 bits per heavy atom. The van der Waals surface area contributed by atoms with Crippen molar-refractivity contribution >= 4 is 10.0 Å². The summed E-state index contributed by atoms with van der Waals surface area (Å²) in [6.07, 6.45) is 2.13. The van der Waals surface area contributed by atoms with E-state index in [2.05, 4.69) is 5.32 Å². The number of aliphatic hydroxyl groups excluding tert-OH is 1. The van der Waals surface area contributed by atoms with Crippen LogP contribution in [0.2, 0.25) is 0 Å². The molecule has 7 heteroatoms. The van der Waals surface area contributed by atoms with Crippen LogP contribution in [-0.2, 0) is 10.0 Å². The fourth-order valence-electron chi connectivity index (χ4n) is 3.26. The number of sulfonamides is 1. The van der Waals surface area contributed by atoms with Gasteiger partial charge in [0.1, 0.15) is 5.82 Å². The van der Waals surface area contributed by atoms with Crippen LogP contribution >= 0.6 is 0 Å². The second-order valence-electron chi connectivity index (χ2n) is 7.32. The van der Waals surface area contributed by atoms with Gasteiger partial charge in [0.2, 0.25) is 10.0 Å². The number of aliphatic hydroxyl groups is 1. The minimum atomic E-state index is -3.12. The third-order valence-corrected chi connectivity index (χ3v) is 5.79. The Labute approximate surface area is 143 Å². The molecule has 136 valence electrons. The zero-order chi connectivity index (χ0) is 18.0. The lowest BCUT2D eigenvalue weighted by molar-refractivity contribution is 0.155. The number of β-amino-alcohol motifs (C(OH)–C–C–N with tert-alkyl or cyclic N) is 1. The molecule has 0 spiro atoms. The molecule has 1 aromatic rings. The summed E-state index contributed by atoms with van der Waals surface area (Å²) in [6.45, 7) is 5.52. The van der Waals surface area contributed by atoms with Crippen LogP contribution in [0, 0.1) is 11.7 Å². The SMILES string of the molecule is CC(C)(C[C@@H]1CCN(S(C)(=O)=O)C1)NC[C@H](O)c1cccc(F)c1. The van der Waals surface area contributed by atoms with E-state index in [9.17, 15) is 17.9 Å². The van der Waals surface area contributed by atoms with Crippen LogP contribution in [0.5, 0.6) is 0 Å². The Bertz CT molecular complexity index is 664.